The van der Waals surface area contributed by atoms with Crippen molar-refractivity contribution >= 4 is 5.97 Å². The molecule has 1 atom stereocenters. The smallest absolute Gasteiger partial charge is 0.323 e. The van der Waals surface area contributed by atoms with Crippen molar-refractivity contribution < 1.29 is 21.9 Å². The Bertz CT molecular complexity index is 171. The normalized spacial score (nSPS) is 22.2. The summed E-state index contributed by atoms with van der Waals surface area (Å²) in [5, 5.41) is 3.10. The van der Waals surface area contributed by atoms with Gasteiger partial charge in [-0.15, -0.1) is 0 Å². The topological polar surface area (TPSA) is 38.3 Å². The summed E-state index contributed by atoms with van der Waals surface area (Å²) >= 11 is 0. The number of esters is 1. The van der Waals surface area contributed by atoms with E-state index in [0.717, 1.165) is 19.4 Å². The first kappa shape index (κ1) is 12.7. The molecule has 0 aromatic heterocycles. The lowest BCUT2D eigenvalue weighted by molar-refractivity contribution is -0.157. The largest absolute Gasteiger partial charge is 1.00 e. The summed E-state index contributed by atoms with van der Waals surface area (Å²) in [6.07, 6.45) is 1.98. The first-order chi connectivity index (χ1) is 5.49. The van der Waals surface area contributed by atoms with Crippen molar-refractivity contribution in [1.82, 2.24) is 5.32 Å². The van der Waals surface area contributed by atoms with Crippen LogP contribution in [0.1, 0.15) is 33.6 Å². The van der Waals surface area contributed by atoms with E-state index in [1.165, 1.54) is 0 Å². The molecule has 0 bridgehead atoms. The van der Waals surface area contributed by atoms with Crippen LogP contribution in [-0.2, 0) is 9.53 Å². The Balaban J connectivity index is 0.00000144. The minimum atomic E-state index is -0.360. The van der Waals surface area contributed by atoms with Crippen molar-refractivity contribution in [3.63, 3.8) is 0 Å². The number of hydrogen-bond acceptors (Lipinski definition) is 3. The van der Waals surface area contributed by atoms with Crippen LogP contribution in [0.2, 0.25) is 0 Å². The number of carbonyl (C=O) groups is 1. The van der Waals surface area contributed by atoms with Crippen molar-refractivity contribution in [2.45, 2.75) is 45.3 Å². The average Bonchev–Trinajstić information content (AvgIpc) is 2.32. The van der Waals surface area contributed by atoms with Crippen molar-refractivity contribution in [2.24, 2.45) is 0 Å². The zero-order valence-electron chi connectivity index (χ0n) is 8.39. The Morgan fingerprint density at radius 3 is 2.46 bits per heavy atom. The van der Waals surface area contributed by atoms with E-state index < -0.39 is 0 Å². The maximum absolute atomic E-state index is 11.4. The van der Waals surface area contributed by atoms with Gasteiger partial charge >= 0.3 is 5.97 Å². The van der Waals surface area contributed by atoms with Gasteiger partial charge in [-0.05, 0) is 40.2 Å². The summed E-state index contributed by atoms with van der Waals surface area (Å²) in [6.45, 7) is 6.60. The highest BCUT2D eigenvalue weighted by Crippen LogP contribution is 2.12. The number of ether oxygens (including phenoxy) is 1. The Kier molecular flexibility index (Phi) is 4.71. The lowest BCUT2D eigenvalue weighted by atomic mass is 10.2. The number of nitrogens with one attached hydrogen (secondary N) is 1. The van der Waals surface area contributed by atoms with Gasteiger partial charge in [0.05, 0.1) is 0 Å². The van der Waals surface area contributed by atoms with E-state index in [9.17, 15) is 4.79 Å². The van der Waals surface area contributed by atoms with Gasteiger partial charge in [0.25, 0.3) is 0 Å². The lowest BCUT2D eigenvalue weighted by Gasteiger charge is -2.21. The third kappa shape index (κ3) is 4.48. The Morgan fingerprint density at radius 1 is 1.46 bits per heavy atom. The van der Waals surface area contributed by atoms with Crippen LogP contribution in [0.15, 0.2) is 0 Å². The molecule has 1 heterocycles. The molecule has 0 spiro atoms. The first-order valence-corrected chi connectivity index (χ1v) is 4.45. The predicted molar refractivity (Wildman–Crippen MR) is 46.9 cm³/mol. The molecule has 0 saturated carbocycles. The molecule has 0 radical (unpaired) electrons. The lowest BCUT2D eigenvalue weighted by Crippen LogP contribution is -3.00. The predicted octanol–water partition coefficient (Wildman–Crippen LogP) is -1.92. The monoisotopic (exact) mass is 206 g/mol. The van der Waals surface area contributed by atoms with Gasteiger partial charge in [-0.3, -0.25) is 4.79 Å². The molecule has 4 heteroatoms. The molecular formula is C9H17ClNO2-. The molecule has 0 unspecified atom stereocenters. The molecule has 0 aromatic rings. The maximum Gasteiger partial charge on any atom is 0.323 e. The van der Waals surface area contributed by atoms with E-state index in [0.29, 0.717) is 0 Å². The second-order valence-electron chi connectivity index (χ2n) is 4.18. The van der Waals surface area contributed by atoms with Gasteiger partial charge in [0.2, 0.25) is 0 Å². The van der Waals surface area contributed by atoms with Gasteiger partial charge < -0.3 is 22.5 Å². The summed E-state index contributed by atoms with van der Waals surface area (Å²) in [6, 6.07) is -0.0655. The average molecular weight is 207 g/mol. The van der Waals surface area contributed by atoms with Crippen LogP contribution < -0.4 is 17.7 Å². The van der Waals surface area contributed by atoms with E-state index in [1.807, 2.05) is 20.8 Å². The molecule has 1 saturated heterocycles. The fourth-order valence-corrected chi connectivity index (χ4v) is 1.26. The molecule has 0 aromatic carbocycles. The second kappa shape index (κ2) is 4.82. The highest BCUT2D eigenvalue weighted by atomic mass is 35.5. The van der Waals surface area contributed by atoms with Crippen LogP contribution in [0, 0.1) is 0 Å². The van der Waals surface area contributed by atoms with Crippen molar-refractivity contribution in [3.05, 3.63) is 0 Å². The minimum Gasteiger partial charge on any atom is -1.00 e. The van der Waals surface area contributed by atoms with Gasteiger partial charge in [-0.2, -0.15) is 0 Å². The van der Waals surface area contributed by atoms with E-state index in [1.54, 1.807) is 0 Å². The molecule has 1 fully saturated rings. The Morgan fingerprint density at radius 2 is 2.08 bits per heavy atom. The van der Waals surface area contributed by atoms with Crippen molar-refractivity contribution in [2.75, 3.05) is 6.54 Å². The summed E-state index contributed by atoms with van der Waals surface area (Å²) in [4.78, 5) is 11.4. The first-order valence-electron chi connectivity index (χ1n) is 4.45. The molecule has 1 N–H and O–H groups in total. The summed E-state index contributed by atoms with van der Waals surface area (Å²) in [5.74, 6) is -0.111. The zero-order valence-corrected chi connectivity index (χ0v) is 9.15. The molecule has 1 aliphatic rings. The quantitative estimate of drug-likeness (QED) is 0.509. The fraction of sp³-hybridized carbons (Fsp3) is 0.889. The third-order valence-corrected chi connectivity index (χ3v) is 1.75. The fourth-order valence-electron chi connectivity index (χ4n) is 1.26. The highest BCUT2D eigenvalue weighted by Gasteiger charge is 2.26. The molecule has 0 amide bonds. The molecule has 0 aliphatic carbocycles. The van der Waals surface area contributed by atoms with Gasteiger partial charge in [0.15, 0.2) is 0 Å². The van der Waals surface area contributed by atoms with Crippen LogP contribution in [0.4, 0.5) is 0 Å². The van der Waals surface area contributed by atoms with E-state index in [4.69, 9.17) is 4.74 Å². The molecule has 1 aliphatic heterocycles. The van der Waals surface area contributed by atoms with E-state index >= 15 is 0 Å². The summed E-state index contributed by atoms with van der Waals surface area (Å²) < 4.78 is 5.22. The van der Waals surface area contributed by atoms with E-state index in [-0.39, 0.29) is 30.0 Å². The maximum atomic E-state index is 11.4. The number of rotatable bonds is 1. The van der Waals surface area contributed by atoms with Crippen LogP contribution in [-0.4, -0.2) is 24.2 Å². The number of halogens is 1. The Hall–Kier alpha value is -0.280. The third-order valence-electron chi connectivity index (χ3n) is 1.75. The van der Waals surface area contributed by atoms with Gasteiger partial charge in [0, 0.05) is 0 Å². The van der Waals surface area contributed by atoms with Crippen LogP contribution in [0.5, 0.6) is 0 Å². The summed E-state index contributed by atoms with van der Waals surface area (Å²) in [7, 11) is 0. The standard InChI is InChI=1S/C9H17NO2.ClH/c1-9(2,3)12-8(11)7-5-4-6-10-7;/h7,10H,4-6H2,1-3H3;1H/p-1/t7-;/m0./s1. The second-order valence-corrected chi connectivity index (χ2v) is 4.18. The number of carbonyl (C=O) groups excluding carboxylic acids is 1. The zero-order chi connectivity index (χ0) is 9.19. The molecule has 78 valence electrons. The van der Waals surface area contributed by atoms with Crippen LogP contribution in [0.25, 0.3) is 0 Å². The van der Waals surface area contributed by atoms with Crippen LogP contribution >= 0.6 is 0 Å². The number of hydrogen-bond donors (Lipinski definition) is 1. The molecule has 13 heavy (non-hydrogen) atoms. The highest BCUT2D eigenvalue weighted by molar-refractivity contribution is 5.76. The summed E-state index contributed by atoms with van der Waals surface area (Å²) in [5.41, 5.74) is -0.360. The molecule has 1 rings (SSSR count). The van der Waals surface area contributed by atoms with Gasteiger partial charge in [-0.25, -0.2) is 0 Å². The molecule has 3 nitrogen and oxygen atoms in total. The molecular weight excluding hydrogens is 190 g/mol. The SMILES string of the molecule is CC(C)(C)OC(=O)[C@@H]1CCCN1.[Cl-]. The van der Waals surface area contributed by atoms with Crippen molar-refractivity contribution in [3.8, 4) is 0 Å². The van der Waals surface area contributed by atoms with Gasteiger partial charge in [0.1, 0.15) is 11.6 Å². The Labute approximate surface area is 85.6 Å². The minimum absolute atomic E-state index is 0. The van der Waals surface area contributed by atoms with Crippen molar-refractivity contribution in [1.29, 1.82) is 0 Å². The van der Waals surface area contributed by atoms with Gasteiger partial charge in [-0.1, -0.05) is 0 Å². The van der Waals surface area contributed by atoms with E-state index in [2.05, 4.69) is 5.32 Å². The van der Waals surface area contributed by atoms with Crippen LogP contribution in [0.3, 0.4) is 0 Å².